The van der Waals surface area contributed by atoms with Crippen LogP contribution in [0.5, 0.6) is 0 Å². The van der Waals surface area contributed by atoms with Crippen molar-refractivity contribution in [2.75, 3.05) is 31.3 Å². The van der Waals surface area contributed by atoms with Crippen LogP contribution in [0.1, 0.15) is 51.7 Å². The van der Waals surface area contributed by atoms with E-state index in [4.69, 9.17) is 15.2 Å². The van der Waals surface area contributed by atoms with Crippen molar-refractivity contribution in [1.82, 2.24) is 15.1 Å². The molecule has 2 aromatic carbocycles. The van der Waals surface area contributed by atoms with E-state index in [1.807, 2.05) is 0 Å². The normalized spacial score (nSPS) is 18.3. The molecule has 1 fully saturated rings. The van der Waals surface area contributed by atoms with Gasteiger partial charge in [-0.05, 0) is 81.8 Å². The van der Waals surface area contributed by atoms with Crippen molar-refractivity contribution in [3.05, 3.63) is 59.2 Å². The van der Waals surface area contributed by atoms with Crippen molar-refractivity contribution in [2.24, 2.45) is 5.92 Å². The van der Waals surface area contributed by atoms with E-state index in [9.17, 15) is 28.0 Å². The predicted octanol–water partition coefficient (Wildman–Crippen LogP) is 3.61. The molecule has 0 unspecified atom stereocenters. The number of hydrogen-bond donors (Lipinski definition) is 3. The Balaban J connectivity index is 1.65. The van der Waals surface area contributed by atoms with E-state index in [-0.39, 0.29) is 18.9 Å². The second-order valence-corrected chi connectivity index (χ2v) is 12.5. The van der Waals surface area contributed by atoms with Gasteiger partial charge in [0.15, 0.2) is 0 Å². The first-order valence-electron chi connectivity index (χ1n) is 14.9. The first kappa shape index (κ1) is 33.6. The van der Waals surface area contributed by atoms with E-state index < -0.39 is 64.9 Å². The van der Waals surface area contributed by atoms with Gasteiger partial charge in [0.25, 0.3) is 0 Å². The van der Waals surface area contributed by atoms with E-state index in [2.05, 4.69) is 10.6 Å². The lowest BCUT2D eigenvalue weighted by molar-refractivity contribution is -0.146. The van der Waals surface area contributed by atoms with Crippen molar-refractivity contribution < 1.29 is 37.4 Å². The van der Waals surface area contributed by atoms with Crippen LogP contribution in [0.25, 0.3) is 0 Å². The average molecular weight is 630 g/mol. The fourth-order valence-electron chi connectivity index (χ4n) is 5.44. The Bertz CT molecular complexity index is 1420. The highest BCUT2D eigenvalue weighted by Gasteiger charge is 2.42. The van der Waals surface area contributed by atoms with Crippen LogP contribution in [0.15, 0.2) is 36.4 Å². The lowest BCUT2D eigenvalue weighted by Gasteiger charge is -2.40. The van der Waals surface area contributed by atoms with Gasteiger partial charge in [0.2, 0.25) is 17.7 Å². The second-order valence-electron chi connectivity index (χ2n) is 12.5. The topological polar surface area (TPSA) is 143 Å². The minimum Gasteiger partial charge on any atom is -0.444 e. The van der Waals surface area contributed by atoms with E-state index >= 15 is 0 Å². The number of anilines is 2. The zero-order chi connectivity index (χ0) is 33.1. The maximum Gasteiger partial charge on any atom is 0.410 e. The molecule has 1 saturated heterocycles. The zero-order valence-electron chi connectivity index (χ0n) is 26.2. The van der Waals surface area contributed by atoms with Crippen molar-refractivity contribution in [3.63, 3.8) is 0 Å². The average Bonchev–Trinajstić information content (AvgIpc) is 2.99. The summed E-state index contributed by atoms with van der Waals surface area (Å²) in [6.07, 6.45) is 0.264. The molecule has 0 saturated carbocycles. The highest BCUT2D eigenvalue weighted by molar-refractivity contribution is 5.99. The molecule has 4 rings (SSSR count). The number of nitrogen functional groups attached to an aromatic ring is 1. The molecule has 2 aliphatic rings. The van der Waals surface area contributed by atoms with Crippen molar-refractivity contribution in [2.45, 2.75) is 77.2 Å². The first-order valence-corrected chi connectivity index (χ1v) is 14.9. The van der Waals surface area contributed by atoms with Crippen molar-refractivity contribution in [3.8, 4) is 0 Å². The lowest BCUT2D eigenvalue weighted by atomic mass is 9.87. The summed E-state index contributed by atoms with van der Waals surface area (Å²) >= 11 is 0. The fraction of sp³-hybridized carbons (Fsp3) is 0.500. The van der Waals surface area contributed by atoms with Crippen molar-refractivity contribution >= 4 is 35.2 Å². The molecule has 244 valence electrons. The number of fused-ring (bicyclic) bond motifs is 1. The molecule has 0 aromatic heterocycles. The number of halogens is 2. The smallest absolute Gasteiger partial charge is 0.410 e. The Morgan fingerprint density at radius 3 is 2.33 bits per heavy atom. The number of nitrogens with one attached hydrogen (secondary N) is 2. The van der Waals surface area contributed by atoms with Gasteiger partial charge in [-0.3, -0.25) is 19.3 Å². The van der Waals surface area contributed by atoms with Crippen LogP contribution in [0.2, 0.25) is 0 Å². The fourth-order valence-corrected chi connectivity index (χ4v) is 5.44. The van der Waals surface area contributed by atoms with Crippen LogP contribution >= 0.6 is 0 Å². The summed E-state index contributed by atoms with van der Waals surface area (Å²) in [5.41, 5.74) is 6.54. The second kappa shape index (κ2) is 13.8. The summed E-state index contributed by atoms with van der Waals surface area (Å²) in [6, 6.07) is 5.12. The molecule has 0 bridgehead atoms. The molecule has 2 aliphatic heterocycles. The van der Waals surface area contributed by atoms with Gasteiger partial charge in [-0.2, -0.15) is 0 Å². The molecule has 0 aliphatic carbocycles. The Kier molecular flexibility index (Phi) is 10.3. The SMILES string of the molecule is C[C@@H](C(=O)N[C@H](C(=O)N1Cc2cc(N)ccc2C[C@H]1C(=O)Nc1c(F)cccc1F)C1CCOCC1)N(C)C(=O)OC(C)(C)C. The highest BCUT2D eigenvalue weighted by Crippen LogP contribution is 2.30. The van der Waals surface area contributed by atoms with Crippen LogP contribution < -0.4 is 16.4 Å². The van der Waals surface area contributed by atoms with E-state index in [1.54, 1.807) is 39.0 Å². The third-order valence-corrected chi connectivity index (χ3v) is 8.10. The molecule has 2 heterocycles. The van der Waals surface area contributed by atoms with Crippen LogP contribution in [0.3, 0.4) is 0 Å². The van der Waals surface area contributed by atoms with Gasteiger partial charge in [-0.15, -0.1) is 0 Å². The minimum atomic E-state index is -1.16. The number of nitrogens with two attached hydrogens (primary N) is 1. The number of para-hydroxylation sites is 1. The van der Waals surface area contributed by atoms with E-state index in [1.165, 1.54) is 24.9 Å². The zero-order valence-corrected chi connectivity index (χ0v) is 26.2. The largest absolute Gasteiger partial charge is 0.444 e. The summed E-state index contributed by atoms with van der Waals surface area (Å²) in [5, 5.41) is 5.16. The van der Waals surface area contributed by atoms with Crippen LogP contribution in [-0.4, -0.2) is 77.6 Å². The maximum absolute atomic E-state index is 14.5. The Hall–Kier alpha value is -4.26. The maximum atomic E-state index is 14.5. The van der Waals surface area contributed by atoms with Crippen molar-refractivity contribution in [1.29, 1.82) is 0 Å². The van der Waals surface area contributed by atoms with Crippen LogP contribution in [0.4, 0.5) is 25.0 Å². The molecule has 0 spiro atoms. The number of rotatable bonds is 7. The summed E-state index contributed by atoms with van der Waals surface area (Å²) < 4.78 is 39.8. The monoisotopic (exact) mass is 629 g/mol. The molecule has 45 heavy (non-hydrogen) atoms. The summed E-state index contributed by atoms with van der Waals surface area (Å²) in [5.74, 6) is -4.19. The highest BCUT2D eigenvalue weighted by atomic mass is 19.1. The van der Waals surface area contributed by atoms with Gasteiger partial charge in [0, 0.05) is 38.9 Å². The molecule has 11 nitrogen and oxygen atoms in total. The number of nitrogens with zero attached hydrogens (tertiary/aromatic N) is 2. The van der Waals surface area contributed by atoms with Gasteiger partial charge >= 0.3 is 6.09 Å². The third kappa shape index (κ3) is 8.07. The van der Waals surface area contributed by atoms with Gasteiger partial charge < -0.3 is 30.7 Å². The number of ether oxygens (including phenoxy) is 2. The molecule has 0 radical (unpaired) electrons. The number of carbonyl (C=O) groups excluding carboxylic acids is 4. The molecule has 3 atom stereocenters. The minimum absolute atomic E-state index is 0.0278. The number of carbonyl (C=O) groups is 4. The molecule has 13 heteroatoms. The first-order chi connectivity index (χ1) is 21.2. The van der Waals surface area contributed by atoms with E-state index in [0.29, 0.717) is 37.3 Å². The van der Waals surface area contributed by atoms with Crippen LogP contribution in [0, 0.1) is 17.6 Å². The lowest BCUT2D eigenvalue weighted by Crippen LogP contribution is -2.60. The predicted molar refractivity (Wildman–Crippen MR) is 163 cm³/mol. The summed E-state index contributed by atoms with van der Waals surface area (Å²) in [6.45, 7) is 7.35. The van der Waals surface area contributed by atoms with E-state index in [0.717, 1.165) is 22.6 Å². The standard InChI is InChI=1S/C32H41F2N5O6/c1-18(38(5)31(43)45-32(2,3)4)28(40)36-26(19-11-13-44-14-12-19)30(42)39-17-21-15-22(35)10-9-20(21)16-25(39)29(41)37-27-23(33)7-6-8-24(27)34/h6-10,15,18-19,25-26H,11-14,16-17,35H2,1-5H3,(H,36,40)(H,37,41)/t18-,25-,26-/m0/s1. The molecule has 4 N–H and O–H groups in total. The Morgan fingerprint density at radius 1 is 1.07 bits per heavy atom. The molecule has 4 amide bonds. The van der Waals surface area contributed by atoms with Gasteiger partial charge in [-0.25, -0.2) is 13.6 Å². The number of hydrogen-bond acceptors (Lipinski definition) is 7. The number of benzene rings is 2. The third-order valence-electron chi connectivity index (χ3n) is 8.10. The van der Waals surface area contributed by atoms with Gasteiger partial charge in [-0.1, -0.05) is 12.1 Å². The number of likely N-dealkylation sites (N-methyl/N-ethyl adjacent to an activating group) is 1. The molecular weight excluding hydrogens is 588 g/mol. The Labute approximate surface area is 261 Å². The number of amides is 4. The Morgan fingerprint density at radius 2 is 1.71 bits per heavy atom. The quantitative estimate of drug-likeness (QED) is 0.397. The van der Waals surface area contributed by atoms with Gasteiger partial charge in [0.05, 0.1) is 0 Å². The molecular formula is C32H41F2N5O6. The molecule has 2 aromatic rings. The van der Waals surface area contributed by atoms with Crippen LogP contribution in [-0.2, 0) is 36.8 Å². The summed E-state index contributed by atoms with van der Waals surface area (Å²) in [4.78, 5) is 56.7. The summed E-state index contributed by atoms with van der Waals surface area (Å²) in [7, 11) is 1.43. The van der Waals surface area contributed by atoms with Gasteiger partial charge in [0.1, 0.15) is 41.0 Å².